The van der Waals surface area contributed by atoms with Gasteiger partial charge in [0.15, 0.2) is 0 Å². The molecule has 138 valence electrons. The van der Waals surface area contributed by atoms with Gasteiger partial charge in [-0.25, -0.2) is 0 Å². The molecule has 0 saturated heterocycles. The number of rotatable bonds is 3. The van der Waals surface area contributed by atoms with Crippen molar-refractivity contribution in [2.24, 2.45) is 0 Å². The summed E-state index contributed by atoms with van der Waals surface area (Å²) in [5, 5.41) is 7.23. The molecule has 0 atom stereocenters. The smallest absolute Gasteiger partial charge is 0.270 e. The summed E-state index contributed by atoms with van der Waals surface area (Å²) in [5.74, 6) is -0.0891. The van der Waals surface area contributed by atoms with E-state index in [0.717, 1.165) is 28.1 Å². The van der Waals surface area contributed by atoms with E-state index >= 15 is 0 Å². The van der Waals surface area contributed by atoms with Crippen molar-refractivity contribution in [1.82, 2.24) is 14.9 Å². The molecule has 0 aliphatic carbocycles. The number of carbonyl (C=O) groups is 1. The van der Waals surface area contributed by atoms with E-state index in [-0.39, 0.29) is 11.4 Å². The fourth-order valence-corrected chi connectivity index (χ4v) is 3.69. The van der Waals surface area contributed by atoms with Gasteiger partial charge in [-0.2, -0.15) is 0 Å². The predicted octanol–water partition coefficient (Wildman–Crippen LogP) is 4.78. The minimum Gasteiger partial charge on any atom is -0.353 e. The molecular weight excluding hydrogens is 360 g/mol. The first-order chi connectivity index (χ1) is 12.9. The van der Waals surface area contributed by atoms with Gasteiger partial charge in [-0.05, 0) is 56.2 Å². The maximum atomic E-state index is 12.9. The molecule has 27 heavy (non-hydrogen) atoms. The van der Waals surface area contributed by atoms with Crippen LogP contribution in [-0.4, -0.2) is 21.0 Å². The second kappa shape index (κ2) is 6.43. The second-order valence-corrected chi connectivity index (χ2v) is 7.91. The van der Waals surface area contributed by atoms with E-state index in [9.17, 15) is 4.79 Å². The Labute approximate surface area is 163 Å². The van der Waals surface area contributed by atoms with Crippen molar-refractivity contribution in [2.75, 3.05) is 5.32 Å². The van der Waals surface area contributed by atoms with Crippen LogP contribution in [0.1, 0.15) is 29.9 Å². The summed E-state index contributed by atoms with van der Waals surface area (Å²) < 4.78 is 2.02. The third-order valence-corrected chi connectivity index (χ3v) is 5.24. The number of hydrogen-bond donors (Lipinski definition) is 2. The van der Waals surface area contributed by atoms with Gasteiger partial charge in [0.25, 0.3) is 5.91 Å². The van der Waals surface area contributed by atoms with Crippen LogP contribution in [0, 0.1) is 6.92 Å². The maximum Gasteiger partial charge on any atom is 0.270 e. The first kappa shape index (κ1) is 17.6. The lowest BCUT2D eigenvalue weighted by atomic mass is 10.0. The van der Waals surface area contributed by atoms with Gasteiger partial charge in [0.05, 0.1) is 11.2 Å². The maximum absolute atomic E-state index is 12.9. The third-order valence-electron chi connectivity index (χ3n) is 4.83. The number of halogens is 1. The molecule has 3 aromatic rings. The first-order valence-electron chi connectivity index (χ1n) is 8.84. The Kier molecular flexibility index (Phi) is 4.19. The van der Waals surface area contributed by atoms with E-state index < -0.39 is 0 Å². The molecule has 6 heteroatoms. The van der Waals surface area contributed by atoms with Crippen LogP contribution in [0.5, 0.6) is 0 Å². The molecule has 1 aromatic carbocycles. The Morgan fingerprint density at radius 1 is 1.22 bits per heavy atom. The molecule has 0 spiro atoms. The molecule has 0 fully saturated rings. The molecule has 0 radical (unpaired) electrons. The molecule has 1 amide bonds. The molecule has 2 N–H and O–H groups in total. The van der Waals surface area contributed by atoms with Crippen LogP contribution >= 0.6 is 11.6 Å². The Morgan fingerprint density at radius 3 is 2.70 bits per heavy atom. The van der Waals surface area contributed by atoms with Gasteiger partial charge in [0.2, 0.25) is 0 Å². The molecule has 3 heterocycles. The molecule has 1 aliphatic rings. The molecule has 1 aliphatic heterocycles. The van der Waals surface area contributed by atoms with E-state index in [1.165, 1.54) is 0 Å². The average Bonchev–Trinajstić information content (AvgIpc) is 2.97. The number of hydrogen-bond acceptors (Lipinski definition) is 3. The monoisotopic (exact) mass is 380 g/mol. The van der Waals surface area contributed by atoms with E-state index in [0.29, 0.717) is 17.3 Å². The molecule has 0 unspecified atom stereocenters. The summed E-state index contributed by atoms with van der Waals surface area (Å²) in [6.07, 6.45) is 5.54. The zero-order valence-corrected chi connectivity index (χ0v) is 16.3. The van der Waals surface area contributed by atoms with Gasteiger partial charge in [-0.1, -0.05) is 17.7 Å². The number of nitrogens with zero attached hydrogens (tertiary/aromatic N) is 2. The third kappa shape index (κ3) is 3.19. The number of carbonyl (C=O) groups excluding carboxylic acids is 1. The van der Waals surface area contributed by atoms with Crippen molar-refractivity contribution < 1.29 is 4.79 Å². The van der Waals surface area contributed by atoms with E-state index in [1.54, 1.807) is 12.4 Å². The first-order valence-corrected chi connectivity index (χ1v) is 9.22. The number of amides is 1. The van der Waals surface area contributed by atoms with Gasteiger partial charge < -0.3 is 15.2 Å². The van der Waals surface area contributed by atoms with E-state index in [1.807, 2.05) is 61.9 Å². The van der Waals surface area contributed by atoms with Crippen molar-refractivity contribution in [1.29, 1.82) is 0 Å². The molecule has 0 saturated carbocycles. The van der Waals surface area contributed by atoms with Crippen LogP contribution < -0.4 is 10.6 Å². The minimum absolute atomic E-state index is 0.0891. The zero-order valence-electron chi connectivity index (χ0n) is 15.5. The van der Waals surface area contributed by atoms with Gasteiger partial charge in [0, 0.05) is 41.4 Å². The van der Waals surface area contributed by atoms with Crippen molar-refractivity contribution in [3.63, 3.8) is 0 Å². The Bertz CT molecular complexity index is 1020. The number of benzene rings is 1. The lowest BCUT2D eigenvalue weighted by molar-refractivity contribution is 0.0863. The van der Waals surface area contributed by atoms with Crippen molar-refractivity contribution in [3.8, 4) is 11.1 Å². The fraction of sp³-hybridized carbons (Fsp3) is 0.238. The normalized spacial score (nSPS) is 15.2. The zero-order chi connectivity index (χ0) is 19.2. The number of pyridine rings is 1. The molecular formula is C21H21ClN4O. The summed E-state index contributed by atoms with van der Waals surface area (Å²) in [6, 6.07) is 9.61. The highest BCUT2D eigenvalue weighted by Gasteiger charge is 2.34. The van der Waals surface area contributed by atoms with Crippen LogP contribution in [0.25, 0.3) is 11.1 Å². The number of nitrogens with one attached hydrogen (secondary N) is 2. The van der Waals surface area contributed by atoms with Gasteiger partial charge in [-0.15, -0.1) is 0 Å². The van der Waals surface area contributed by atoms with Crippen molar-refractivity contribution in [2.45, 2.75) is 32.9 Å². The minimum atomic E-state index is -0.304. The summed E-state index contributed by atoms with van der Waals surface area (Å²) in [6.45, 7) is 6.70. The van der Waals surface area contributed by atoms with Crippen LogP contribution in [0.3, 0.4) is 0 Å². The van der Waals surface area contributed by atoms with Crippen LogP contribution in [0.4, 0.5) is 11.4 Å². The Hall–Kier alpha value is -2.79. The standard InChI is InChI=1S/C21H21ClN4O/c1-13-16(22)5-4-6-17(13)24-18-15(14-7-9-23-10-8-14)11-26-12-21(2,3)25-20(27)19(18)26/h4-11,24H,12H2,1-3H3,(H,25,27). The largest absolute Gasteiger partial charge is 0.353 e. The molecule has 0 bridgehead atoms. The molecule has 4 rings (SSSR count). The van der Waals surface area contributed by atoms with Crippen molar-refractivity contribution >= 4 is 28.9 Å². The Balaban J connectivity index is 1.90. The highest BCUT2D eigenvalue weighted by Crippen LogP contribution is 2.38. The van der Waals surface area contributed by atoms with Gasteiger partial charge in [-0.3, -0.25) is 9.78 Å². The summed E-state index contributed by atoms with van der Waals surface area (Å²) in [7, 11) is 0. The molecule has 5 nitrogen and oxygen atoms in total. The quantitative estimate of drug-likeness (QED) is 0.687. The van der Waals surface area contributed by atoms with Crippen LogP contribution in [0.15, 0.2) is 48.9 Å². The predicted molar refractivity (Wildman–Crippen MR) is 109 cm³/mol. The fourth-order valence-electron chi connectivity index (χ4n) is 3.51. The lowest BCUT2D eigenvalue weighted by Gasteiger charge is -2.32. The summed E-state index contributed by atoms with van der Waals surface area (Å²) in [5.41, 5.74) is 4.88. The SMILES string of the molecule is Cc1c(Cl)cccc1Nc1c(-c2ccncc2)cn2c1C(=O)NC(C)(C)C2. The van der Waals surface area contributed by atoms with Crippen molar-refractivity contribution in [3.05, 3.63) is 65.2 Å². The number of anilines is 2. The van der Waals surface area contributed by atoms with Crippen LogP contribution in [-0.2, 0) is 6.54 Å². The summed E-state index contributed by atoms with van der Waals surface area (Å²) in [4.78, 5) is 17.0. The lowest BCUT2D eigenvalue weighted by Crippen LogP contribution is -2.51. The van der Waals surface area contributed by atoms with Gasteiger partial charge in [0.1, 0.15) is 5.69 Å². The molecule has 2 aromatic heterocycles. The highest BCUT2D eigenvalue weighted by atomic mass is 35.5. The number of fused-ring (bicyclic) bond motifs is 1. The topological polar surface area (TPSA) is 59.0 Å². The van der Waals surface area contributed by atoms with E-state index in [2.05, 4.69) is 15.6 Å². The summed E-state index contributed by atoms with van der Waals surface area (Å²) >= 11 is 6.29. The highest BCUT2D eigenvalue weighted by molar-refractivity contribution is 6.31. The number of aromatic nitrogens is 2. The second-order valence-electron chi connectivity index (χ2n) is 7.51. The average molecular weight is 381 g/mol. The van der Waals surface area contributed by atoms with Crippen LogP contribution in [0.2, 0.25) is 5.02 Å². The Morgan fingerprint density at radius 2 is 1.96 bits per heavy atom. The van der Waals surface area contributed by atoms with E-state index in [4.69, 9.17) is 11.6 Å². The van der Waals surface area contributed by atoms with Gasteiger partial charge >= 0.3 is 0 Å².